The molecule has 16 heavy (non-hydrogen) atoms. The Labute approximate surface area is 98.9 Å². The summed E-state index contributed by atoms with van der Waals surface area (Å²) in [6.07, 6.45) is 6.46. The first-order valence-corrected chi connectivity index (χ1v) is 6.64. The molecule has 1 N–H and O–H groups in total. The van der Waals surface area contributed by atoms with E-state index in [0.717, 1.165) is 32.1 Å². The molecule has 3 heteroatoms. The molecule has 0 aromatic rings. The van der Waals surface area contributed by atoms with Gasteiger partial charge in [0.25, 0.3) is 0 Å². The largest absolute Gasteiger partial charge is 0.379 e. The highest BCUT2D eigenvalue weighted by atomic mass is 16.6. The van der Waals surface area contributed by atoms with Crippen LogP contribution in [0.15, 0.2) is 0 Å². The van der Waals surface area contributed by atoms with Crippen LogP contribution in [0.25, 0.3) is 0 Å². The highest BCUT2D eigenvalue weighted by Gasteiger charge is 2.38. The molecule has 1 heterocycles. The molecule has 0 aromatic carbocycles. The first-order valence-electron chi connectivity index (χ1n) is 6.64. The summed E-state index contributed by atoms with van der Waals surface area (Å²) in [6.45, 7) is 4.99. The Bertz CT molecular complexity index is 212. The molecule has 0 amide bonds. The predicted molar refractivity (Wildman–Crippen MR) is 64.6 cm³/mol. The number of hydrogen-bond acceptors (Lipinski definition) is 3. The summed E-state index contributed by atoms with van der Waals surface area (Å²) in [7, 11) is 2.02. The van der Waals surface area contributed by atoms with Gasteiger partial charge < -0.3 is 14.8 Å². The number of likely N-dealkylation sites (N-methyl/N-ethyl adjacent to an activating group) is 1. The quantitative estimate of drug-likeness (QED) is 0.796. The van der Waals surface area contributed by atoms with Gasteiger partial charge in [-0.05, 0) is 32.2 Å². The SMILES string of the molecule is CNCC1(OC2CCOC2)CCCC(C)C1. The van der Waals surface area contributed by atoms with Gasteiger partial charge in [-0.15, -0.1) is 0 Å². The van der Waals surface area contributed by atoms with E-state index in [2.05, 4.69) is 12.2 Å². The molecule has 94 valence electrons. The van der Waals surface area contributed by atoms with Gasteiger partial charge in [0, 0.05) is 13.2 Å². The first kappa shape index (κ1) is 12.3. The number of rotatable bonds is 4. The molecular formula is C13H25NO2. The monoisotopic (exact) mass is 227 g/mol. The van der Waals surface area contributed by atoms with Crippen LogP contribution in [0.1, 0.15) is 39.0 Å². The second kappa shape index (κ2) is 5.48. The molecule has 3 atom stereocenters. The van der Waals surface area contributed by atoms with Gasteiger partial charge in [-0.2, -0.15) is 0 Å². The maximum atomic E-state index is 6.36. The molecule has 1 aliphatic carbocycles. The van der Waals surface area contributed by atoms with E-state index in [9.17, 15) is 0 Å². The van der Waals surface area contributed by atoms with Gasteiger partial charge in [-0.25, -0.2) is 0 Å². The zero-order valence-corrected chi connectivity index (χ0v) is 10.6. The number of hydrogen-bond donors (Lipinski definition) is 1. The topological polar surface area (TPSA) is 30.5 Å². The average molecular weight is 227 g/mol. The molecular weight excluding hydrogens is 202 g/mol. The lowest BCUT2D eigenvalue weighted by Gasteiger charge is -2.41. The van der Waals surface area contributed by atoms with E-state index in [0.29, 0.717) is 6.10 Å². The molecule has 0 radical (unpaired) electrons. The van der Waals surface area contributed by atoms with Gasteiger partial charge >= 0.3 is 0 Å². The third-order valence-electron chi connectivity index (χ3n) is 3.85. The van der Waals surface area contributed by atoms with Crippen LogP contribution >= 0.6 is 0 Å². The molecule has 0 bridgehead atoms. The van der Waals surface area contributed by atoms with Crippen LogP contribution in [0, 0.1) is 5.92 Å². The molecule has 2 rings (SSSR count). The van der Waals surface area contributed by atoms with Gasteiger partial charge in [0.05, 0.1) is 18.3 Å². The maximum Gasteiger partial charge on any atom is 0.0838 e. The van der Waals surface area contributed by atoms with Crippen LogP contribution in [0.3, 0.4) is 0 Å². The Hall–Kier alpha value is -0.120. The number of nitrogens with one attached hydrogen (secondary N) is 1. The molecule has 3 nitrogen and oxygen atoms in total. The van der Waals surface area contributed by atoms with Crippen molar-refractivity contribution in [2.75, 3.05) is 26.8 Å². The minimum atomic E-state index is 0.0742. The van der Waals surface area contributed by atoms with Crippen LogP contribution in [0.2, 0.25) is 0 Å². The smallest absolute Gasteiger partial charge is 0.0838 e. The summed E-state index contributed by atoms with van der Waals surface area (Å²) in [5.74, 6) is 0.796. The summed E-state index contributed by atoms with van der Waals surface area (Å²) < 4.78 is 11.8. The van der Waals surface area contributed by atoms with Crippen LogP contribution in [-0.4, -0.2) is 38.5 Å². The van der Waals surface area contributed by atoms with Crippen LogP contribution in [0.4, 0.5) is 0 Å². The predicted octanol–water partition coefficient (Wildman–Crippen LogP) is 1.96. The molecule has 2 aliphatic rings. The summed E-state index contributed by atoms with van der Waals surface area (Å²) in [4.78, 5) is 0. The lowest BCUT2D eigenvalue weighted by molar-refractivity contribution is -0.119. The minimum absolute atomic E-state index is 0.0742. The molecule has 1 saturated heterocycles. The highest BCUT2D eigenvalue weighted by molar-refractivity contribution is 4.90. The van der Waals surface area contributed by atoms with E-state index in [4.69, 9.17) is 9.47 Å². The van der Waals surface area contributed by atoms with Crippen LogP contribution < -0.4 is 5.32 Å². The lowest BCUT2D eigenvalue weighted by Crippen LogP contribution is -2.48. The fraction of sp³-hybridized carbons (Fsp3) is 1.00. The van der Waals surface area contributed by atoms with Crippen molar-refractivity contribution >= 4 is 0 Å². The highest BCUT2D eigenvalue weighted by Crippen LogP contribution is 2.36. The zero-order valence-electron chi connectivity index (χ0n) is 10.6. The summed E-state index contributed by atoms with van der Waals surface area (Å²) in [6, 6.07) is 0. The third kappa shape index (κ3) is 2.96. The van der Waals surface area contributed by atoms with Crippen molar-refractivity contribution < 1.29 is 9.47 Å². The maximum absolute atomic E-state index is 6.36. The van der Waals surface area contributed by atoms with Crippen molar-refractivity contribution in [3.63, 3.8) is 0 Å². The molecule has 0 spiro atoms. The molecule has 1 saturated carbocycles. The van der Waals surface area contributed by atoms with Gasteiger partial charge in [0.15, 0.2) is 0 Å². The minimum Gasteiger partial charge on any atom is -0.379 e. The first-order chi connectivity index (χ1) is 7.74. The van der Waals surface area contributed by atoms with E-state index in [1.54, 1.807) is 0 Å². The van der Waals surface area contributed by atoms with E-state index >= 15 is 0 Å². The second-order valence-corrected chi connectivity index (χ2v) is 5.52. The lowest BCUT2D eigenvalue weighted by atomic mass is 9.78. The molecule has 1 aliphatic heterocycles. The molecule has 2 fully saturated rings. The van der Waals surface area contributed by atoms with Crippen molar-refractivity contribution in [1.82, 2.24) is 5.32 Å². The van der Waals surface area contributed by atoms with E-state index in [1.165, 1.54) is 25.7 Å². The normalized spacial score (nSPS) is 40.1. The van der Waals surface area contributed by atoms with E-state index < -0.39 is 0 Å². The van der Waals surface area contributed by atoms with Crippen LogP contribution in [-0.2, 0) is 9.47 Å². The average Bonchev–Trinajstić information content (AvgIpc) is 2.70. The third-order valence-corrected chi connectivity index (χ3v) is 3.85. The Kier molecular flexibility index (Phi) is 4.22. The van der Waals surface area contributed by atoms with E-state index in [-0.39, 0.29) is 5.60 Å². The van der Waals surface area contributed by atoms with Gasteiger partial charge in [-0.1, -0.05) is 19.8 Å². The fourth-order valence-electron chi connectivity index (χ4n) is 3.20. The van der Waals surface area contributed by atoms with Crippen molar-refractivity contribution in [3.8, 4) is 0 Å². The van der Waals surface area contributed by atoms with Crippen molar-refractivity contribution in [2.24, 2.45) is 5.92 Å². The number of ether oxygens (including phenoxy) is 2. The summed E-state index contributed by atoms with van der Waals surface area (Å²) >= 11 is 0. The fourth-order valence-corrected chi connectivity index (χ4v) is 3.20. The Morgan fingerprint density at radius 2 is 2.31 bits per heavy atom. The molecule has 0 aromatic heterocycles. The van der Waals surface area contributed by atoms with Crippen LogP contribution in [0.5, 0.6) is 0 Å². The van der Waals surface area contributed by atoms with Gasteiger partial charge in [0.2, 0.25) is 0 Å². The second-order valence-electron chi connectivity index (χ2n) is 5.52. The van der Waals surface area contributed by atoms with E-state index in [1.807, 2.05) is 7.05 Å². The zero-order chi connectivity index (χ0) is 11.4. The van der Waals surface area contributed by atoms with Crippen molar-refractivity contribution in [3.05, 3.63) is 0 Å². The Balaban J connectivity index is 1.95. The van der Waals surface area contributed by atoms with Crippen molar-refractivity contribution in [1.29, 1.82) is 0 Å². The van der Waals surface area contributed by atoms with Gasteiger partial charge in [0.1, 0.15) is 0 Å². The van der Waals surface area contributed by atoms with Crippen molar-refractivity contribution in [2.45, 2.75) is 50.7 Å². The Morgan fingerprint density at radius 1 is 1.44 bits per heavy atom. The molecule has 3 unspecified atom stereocenters. The van der Waals surface area contributed by atoms with Gasteiger partial charge in [-0.3, -0.25) is 0 Å². The standard InChI is InChI=1S/C13H25NO2/c1-11-4-3-6-13(8-11,10-14-2)16-12-5-7-15-9-12/h11-12,14H,3-10H2,1-2H3. The Morgan fingerprint density at radius 3 is 2.94 bits per heavy atom. The summed E-state index contributed by atoms with van der Waals surface area (Å²) in [5, 5.41) is 3.31. The summed E-state index contributed by atoms with van der Waals surface area (Å²) in [5.41, 5.74) is 0.0742.